The van der Waals surface area contributed by atoms with Crippen molar-refractivity contribution < 1.29 is 9.53 Å². The van der Waals surface area contributed by atoms with Gasteiger partial charge >= 0.3 is 6.03 Å². The lowest BCUT2D eigenvalue weighted by atomic mass is 10.2. The van der Waals surface area contributed by atoms with Gasteiger partial charge in [0.05, 0.1) is 18.7 Å². The molecule has 1 fully saturated rings. The number of aryl methyl sites for hydroxylation is 1. The molecule has 1 aliphatic heterocycles. The first kappa shape index (κ1) is 12.1. The highest BCUT2D eigenvalue weighted by molar-refractivity contribution is 7.99. The second kappa shape index (κ2) is 5.31. The van der Waals surface area contributed by atoms with Crippen LogP contribution in [0.3, 0.4) is 0 Å². The minimum Gasteiger partial charge on any atom is -0.495 e. The highest BCUT2D eigenvalue weighted by Crippen LogP contribution is 2.26. The number of benzene rings is 1. The Morgan fingerprint density at radius 3 is 3.00 bits per heavy atom. The van der Waals surface area contributed by atoms with Crippen LogP contribution in [0.4, 0.5) is 10.5 Å². The minimum atomic E-state index is -0.0566. The van der Waals surface area contributed by atoms with Crippen LogP contribution in [0.5, 0.6) is 5.75 Å². The number of thioether (sulfide) groups is 1. The van der Waals surface area contributed by atoms with E-state index in [4.69, 9.17) is 4.74 Å². The molecule has 1 heterocycles. The fraction of sp³-hybridized carbons (Fsp3) is 0.417. The molecule has 92 valence electrons. The van der Waals surface area contributed by atoms with Crippen molar-refractivity contribution >= 4 is 23.5 Å². The Morgan fingerprint density at radius 1 is 1.53 bits per heavy atom. The number of carbonyl (C=O) groups is 1. The van der Waals surface area contributed by atoms with Gasteiger partial charge in [0.15, 0.2) is 0 Å². The van der Waals surface area contributed by atoms with E-state index in [1.807, 2.05) is 25.1 Å². The van der Waals surface area contributed by atoms with E-state index in [9.17, 15) is 4.79 Å². The summed E-state index contributed by atoms with van der Waals surface area (Å²) >= 11 is 1.77. The second-order valence-corrected chi connectivity index (χ2v) is 5.01. The van der Waals surface area contributed by atoms with E-state index in [0.29, 0.717) is 5.75 Å². The van der Waals surface area contributed by atoms with Crippen LogP contribution in [0.25, 0.3) is 0 Å². The number of anilines is 1. The van der Waals surface area contributed by atoms with Gasteiger partial charge < -0.3 is 15.0 Å². The van der Waals surface area contributed by atoms with E-state index in [-0.39, 0.29) is 6.03 Å². The van der Waals surface area contributed by atoms with Crippen LogP contribution >= 0.6 is 11.8 Å². The monoisotopic (exact) mass is 252 g/mol. The zero-order valence-corrected chi connectivity index (χ0v) is 10.8. The smallest absolute Gasteiger partial charge is 0.322 e. The van der Waals surface area contributed by atoms with Crippen LogP contribution in [-0.4, -0.2) is 36.2 Å². The fourth-order valence-corrected chi connectivity index (χ4v) is 2.63. The number of carbonyl (C=O) groups excluding carboxylic acids is 1. The van der Waals surface area contributed by atoms with Crippen LogP contribution in [0.15, 0.2) is 18.2 Å². The molecule has 0 aromatic heterocycles. The van der Waals surface area contributed by atoms with Crippen molar-refractivity contribution in [1.29, 1.82) is 0 Å². The zero-order valence-electron chi connectivity index (χ0n) is 10.0. The summed E-state index contributed by atoms with van der Waals surface area (Å²) in [7, 11) is 1.60. The van der Waals surface area contributed by atoms with E-state index in [1.165, 1.54) is 0 Å². The predicted molar refractivity (Wildman–Crippen MR) is 70.8 cm³/mol. The Labute approximate surface area is 105 Å². The maximum atomic E-state index is 11.9. The summed E-state index contributed by atoms with van der Waals surface area (Å²) in [5, 5.41) is 2.89. The number of methoxy groups -OCH3 is 1. The van der Waals surface area contributed by atoms with Crippen molar-refractivity contribution in [2.24, 2.45) is 0 Å². The first-order chi connectivity index (χ1) is 8.20. The van der Waals surface area contributed by atoms with Gasteiger partial charge in [0, 0.05) is 12.3 Å². The van der Waals surface area contributed by atoms with E-state index >= 15 is 0 Å². The van der Waals surface area contributed by atoms with Crippen LogP contribution < -0.4 is 10.1 Å². The molecule has 4 nitrogen and oxygen atoms in total. The molecule has 2 amide bonds. The average molecular weight is 252 g/mol. The van der Waals surface area contributed by atoms with Gasteiger partial charge in [-0.1, -0.05) is 6.07 Å². The van der Waals surface area contributed by atoms with Gasteiger partial charge in [0.25, 0.3) is 0 Å². The SMILES string of the molecule is COc1ccc(C)cc1NC(=O)N1CCSC1. The maximum absolute atomic E-state index is 11.9. The Morgan fingerprint density at radius 2 is 2.35 bits per heavy atom. The van der Waals surface area contributed by atoms with E-state index in [2.05, 4.69) is 5.32 Å². The molecule has 17 heavy (non-hydrogen) atoms. The van der Waals surface area contributed by atoms with Crippen LogP contribution in [0.1, 0.15) is 5.56 Å². The second-order valence-electron chi connectivity index (χ2n) is 3.93. The van der Waals surface area contributed by atoms with Gasteiger partial charge in [-0.05, 0) is 24.6 Å². The summed E-state index contributed by atoms with van der Waals surface area (Å²) < 4.78 is 5.23. The molecule has 5 heteroatoms. The quantitative estimate of drug-likeness (QED) is 0.879. The molecule has 0 atom stereocenters. The van der Waals surface area contributed by atoms with Crippen LogP contribution in [-0.2, 0) is 0 Å². The van der Waals surface area contributed by atoms with Crippen molar-refractivity contribution in [3.05, 3.63) is 23.8 Å². The molecule has 1 N–H and O–H groups in total. The third-order valence-electron chi connectivity index (χ3n) is 2.64. The van der Waals surface area contributed by atoms with Gasteiger partial charge in [-0.3, -0.25) is 0 Å². The first-order valence-electron chi connectivity index (χ1n) is 5.49. The van der Waals surface area contributed by atoms with Gasteiger partial charge in [-0.25, -0.2) is 4.79 Å². The van der Waals surface area contributed by atoms with Crippen molar-refractivity contribution in [2.45, 2.75) is 6.92 Å². The van der Waals surface area contributed by atoms with Gasteiger partial charge in [-0.2, -0.15) is 0 Å². The molecule has 0 bridgehead atoms. The summed E-state index contributed by atoms with van der Waals surface area (Å²) in [6.07, 6.45) is 0. The number of hydrogen-bond donors (Lipinski definition) is 1. The molecular formula is C12H16N2O2S. The van der Waals surface area contributed by atoms with E-state index in [0.717, 1.165) is 29.4 Å². The lowest BCUT2D eigenvalue weighted by molar-refractivity contribution is 0.225. The van der Waals surface area contributed by atoms with Crippen molar-refractivity contribution in [3.63, 3.8) is 0 Å². The number of urea groups is 1. The van der Waals surface area contributed by atoms with Crippen molar-refractivity contribution in [3.8, 4) is 5.75 Å². The largest absolute Gasteiger partial charge is 0.495 e. The normalized spacial score (nSPS) is 14.8. The molecule has 1 aromatic carbocycles. The molecule has 0 aliphatic carbocycles. The Bertz CT molecular complexity index is 417. The highest BCUT2D eigenvalue weighted by atomic mass is 32.2. The Hall–Kier alpha value is -1.36. The van der Waals surface area contributed by atoms with Gasteiger partial charge in [-0.15, -0.1) is 11.8 Å². The standard InChI is InChI=1S/C12H16N2O2S/c1-9-3-4-11(16-2)10(7-9)13-12(15)14-5-6-17-8-14/h3-4,7H,5-6,8H2,1-2H3,(H,13,15). The molecule has 0 radical (unpaired) electrons. The number of nitrogens with zero attached hydrogens (tertiary/aromatic N) is 1. The molecule has 1 aromatic rings. The van der Waals surface area contributed by atoms with E-state index in [1.54, 1.807) is 23.8 Å². The predicted octanol–water partition coefficient (Wildman–Crippen LogP) is 2.54. The van der Waals surface area contributed by atoms with Crippen LogP contribution in [0, 0.1) is 6.92 Å². The molecule has 1 saturated heterocycles. The lowest BCUT2D eigenvalue weighted by Crippen LogP contribution is -2.32. The first-order valence-corrected chi connectivity index (χ1v) is 6.64. The molecule has 1 aliphatic rings. The molecule has 2 rings (SSSR count). The lowest BCUT2D eigenvalue weighted by Gasteiger charge is -2.17. The Kier molecular flexibility index (Phi) is 3.78. The number of rotatable bonds is 2. The van der Waals surface area contributed by atoms with Gasteiger partial charge in [0.2, 0.25) is 0 Å². The third-order valence-corrected chi connectivity index (χ3v) is 3.60. The topological polar surface area (TPSA) is 41.6 Å². The van der Waals surface area contributed by atoms with E-state index < -0.39 is 0 Å². The maximum Gasteiger partial charge on any atom is 0.322 e. The molecule has 0 saturated carbocycles. The number of ether oxygens (including phenoxy) is 1. The fourth-order valence-electron chi connectivity index (χ4n) is 1.69. The van der Waals surface area contributed by atoms with Gasteiger partial charge in [0.1, 0.15) is 5.75 Å². The van der Waals surface area contributed by atoms with Crippen molar-refractivity contribution in [1.82, 2.24) is 4.90 Å². The summed E-state index contributed by atoms with van der Waals surface area (Å²) in [4.78, 5) is 13.7. The number of nitrogens with one attached hydrogen (secondary N) is 1. The molecule has 0 spiro atoms. The summed E-state index contributed by atoms with van der Waals surface area (Å²) in [5.41, 5.74) is 1.83. The summed E-state index contributed by atoms with van der Waals surface area (Å²) in [6.45, 7) is 2.80. The van der Waals surface area contributed by atoms with Crippen molar-refractivity contribution in [2.75, 3.05) is 30.6 Å². The molecular weight excluding hydrogens is 236 g/mol. The zero-order chi connectivity index (χ0) is 12.3. The highest BCUT2D eigenvalue weighted by Gasteiger charge is 2.19. The number of amides is 2. The number of hydrogen-bond acceptors (Lipinski definition) is 3. The minimum absolute atomic E-state index is 0.0566. The molecule has 0 unspecified atom stereocenters. The average Bonchev–Trinajstić information content (AvgIpc) is 2.83. The van der Waals surface area contributed by atoms with Crippen LogP contribution in [0.2, 0.25) is 0 Å². The third kappa shape index (κ3) is 2.85. The summed E-state index contributed by atoms with van der Waals surface area (Å²) in [5.74, 6) is 2.47. The Balaban J connectivity index is 2.11. The summed E-state index contributed by atoms with van der Waals surface area (Å²) in [6, 6.07) is 5.68.